The van der Waals surface area contributed by atoms with Gasteiger partial charge in [0.15, 0.2) is 6.54 Å². The van der Waals surface area contributed by atoms with E-state index >= 15 is 0 Å². The van der Waals surface area contributed by atoms with Crippen molar-refractivity contribution in [1.29, 1.82) is 0 Å². The first-order chi connectivity index (χ1) is 12.7. The van der Waals surface area contributed by atoms with Crippen LogP contribution in [0.15, 0.2) is 48.7 Å². The number of H-pyrrole nitrogens is 1. The second-order valence-electron chi connectivity index (χ2n) is 6.68. The lowest BCUT2D eigenvalue weighted by Gasteiger charge is -2.27. The van der Waals surface area contributed by atoms with Gasteiger partial charge in [-0.15, -0.1) is 0 Å². The molecule has 6 heteroatoms. The summed E-state index contributed by atoms with van der Waals surface area (Å²) < 4.78 is 5.66. The summed E-state index contributed by atoms with van der Waals surface area (Å²) in [5.74, 6) is 2.08. The highest BCUT2D eigenvalue weighted by molar-refractivity contribution is 5.76. The number of aromatic amines is 1. The summed E-state index contributed by atoms with van der Waals surface area (Å²) in [5, 5.41) is 2.95. The monoisotopic (exact) mass is 356 g/mol. The van der Waals surface area contributed by atoms with Gasteiger partial charge in [-0.2, -0.15) is 0 Å². The van der Waals surface area contributed by atoms with Gasteiger partial charge in [-0.1, -0.05) is 18.2 Å². The van der Waals surface area contributed by atoms with Crippen LogP contribution < -0.4 is 24.8 Å². The van der Waals surface area contributed by atoms with E-state index in [0.29, 0.717) is 19.7 Å². The van der Waals surface area contributed by atoms with E-state index in [2.05, 4.69) is 21.3 Å². The zero-order valence-corrected chi connectivity index (χ0v) is 15.3. The maximum Gasteiger partial charge on any atom is 0.275 e. The van der Waals surface area contributed by atoms with E-state index < -0.39 is 0 Å². The Morgan fingerprint density at radius 1 is 1.23 bits per heavy atom. The molecule has 1 aliphatic rings. The molecule has 26 heavy (non-hydrogen) atoms. The molecular formula is C20H28N4O2+2. The Labute approximate surface area is 154 Å². The standard InChI is InChI=1S/C20H26N4O2/c1-17-5-4-6-18(15-17)26-14-9-22-20(25)16-23-10-12-24(13-11-23)19-7-2-3-8-21-19/h2-8,15H,9-14,16H2,1H3,(H,22,25)/p+2. The van der Waals surface area contributed by atoms with E-state index in [1.165, 1.54) is 10.5 Å². The van der Waals surface area contributed by atoms with Crippen LogP contribution in [0, 0.1) is 6.92 Å². The first-order valence-electron chi connectivity index (χ1n) is 9.22. The van der Waals surface area contributed by atoms with Gasteiger partial charge in [-0.05, 0) is 30.7 Å². The number of aryl methyl sites for hydroxylation is 1. The summed E-state index contributed by atoms with van der Waals surface area (Å²) in [4.78, 5) is 19.0. The SMILES string of the molecule is Cc1cccc(OCCNC(=O)C[NH+]2CCN(c3cccc[nH+]3)CC2)c1. The molecule has 1 fully saturated rings. The number of hydrogen-bond acceptors (Lipinski definition) is 3. The van der Waals surface area contributed by atoms with Crippen molar-refractivity contribution in [3.05, 3.63) is 54.2 Å². The molecule has 6 nitrogen and oxygen atoms in total. The van der Waals surface area contributed by atoms with Crippen LogP contribution in [0.25, 0.3) is 0 Å². The number of pyridine rings is 1. The molecule has 138 valence electrons. The number of nitrogens with one attached hydrogen (secondary N) is 3. The third-order valence-electron chi connectivity index (χ3n) is 4.60. The lowest BCUT2D eigenvalue weighted by Crippen LogP contribution is -3.16. The molecular weight excluding hydrogens is 328 g/mol. The van der Waals surface area contributed by atoms with Gasteiger partial charge in [0.25, 0.3) is 11.7 Å². The van der Waals surface area contributed by atoms with Gasteiger partial charge in [0.1, 0.15) is 38.5 Å². The fraction of sp³-hybridized carbons (Fsp3) is 0.400. The van der Waals surface area contributed by atoms with Crippen LogP contribution in [-0.2, 0) is 4.79 Å². The summed E-state index contributed by atoms with van der Waals surface area (Å²) in [6, 6.07) is 14.0. The van der Waals surface area contributed by atoms with E-state index in [1.807, 2.05) is 49.5 Å². The molecule has 1 saturated heterocycles. The number of benzene rings is 1. The molecule has 0 saturated carbocycles. The first-order valence-corrected chi connectivity index (χ1v) is 9.22. The Bertz CT molecular complexity index is 700. The van der Waals surface area contributed by atoms with E-state index in [4.69, 9.17) is 4.74 Å². The van der Waals surface area contributed by atoms with Crippen molar-refractivity contribution in [2.75, 3.05) is 50.8 Å². The van der Waals surface area contributed by atoms with Crippen molar-refractivity contribution >= 4 is 11.7 Å². The van der Waals surface area contributed by atoms with Crippen LogP contribution >= 0.6 is 0 Å². The second kappa shape index (κ2) is 9.20. The van der Waals surface area contributed by atoms with Crippen molar-refractivity contribution in [3.63, 3.8) is 0 Å². The van der Waals surface area contributed by atoms with Crippen molar-refractivity contribution in [3.8, 4) is 5.75 Å². The summed E-state index contributed by atoms with van der Waals surface area (Å²) in [6.45, 7) is 7.43. The normalized spacial score (nSPS) is 14.9. The van der Waals surface area contributed by atoms with Crippen LogP contribution in [0.5, 0.6) is 5.75 Å². The summed E-state index contributed by atoms with van der Waals surface area (Å²) in [6.07, 6.45) is 1.95. The number of carbonyl (C=O) groups excluding carboxylic acids is 1. The average Bonchev–Trinajstić information content (AvgIpc) is 2.67. The topological polar surface area (TPSA) is 60.1 Å². The van der Waals surface area contributed by atoms with Gasteiger partial charge in [-0.3, -0.25) is 9.69 Å². The fourth-order valence-corrected chi connectivity index (χ4v) is 3.18. The number of piperazine rings is 1. The number of aromatic nitrogens is 1. The Hall–Kier alpha value is -2.60. The van der Waals surface area contributed by atoms with E-state index in [0.717, 1.165) is 37.7 Å². The third-order valence-corrected chi connectivity index (χ3v) is 4.60. The van der Waals surface area contributed by atoms with Gasteiger partial charge < -0.3 is 15.0 Å². The molecule has 1 aromatic carbocycles. The average molecular weight is 356 g/mol. The molecule has 0 aliphatic carbocycles. The van der Waals surface area contributed by atoms with Gasteiger partial charge in [0, 0.05) is 6.07 Å². The predicted molar refractivity (Wildman–Crippen MR) is 100 cm³/mol. The minimum absolute atomic E-state index is 0.0903. The molecule has 0 bridgehead atoms. The summed E-state index contributed by atoms with van der Waals surface area (Å²) in [7, 11) is 0. The predicted octanol–water partition coefficient (Wildman–Crippen LogP) is -0.291. The minimum Gasteiger partial charge on any atom is -0.492 e. The zero-order chi connectivity index (χ0) is 18.2. The van der Waals surface area contributed by atoms with Crippen LogP contribution in [0.4, 0.5) is 5.82 Å². The van der Waals surface area contributed by atoms with Crippen molar-refractivity contribution in [2.45, 2.75) is 6.92 Å². The maximum atomic E-state index is 12.1. The molecule has 1 aromatic heterocycles. The third kappa shape index (κ3) is 5.46. The largest absolute Gasteiger partial charge is 0.492 e. The smallest absolute Gasteiger partial charge is 0.275 e. The van der Waals surface area contributed by atoms with E-state index in [9.17, 15) is 4.79 Å². The number of carbonyl (C=O) groups is 1. The maximum absolute atomic E-state index is 12.1. The van der Waals surface area contributed by atoms with Gasteiger partial charge in [0.05, 0.1) is 12.7 Å². The Morgan fingerprint density at radius 3 is 2.81 bits per heavy atom. The van der Waals surface area contributed by atoms with Crippen LogP contribution in [0.1, 0.15) is 5.56 Å². The van der Waals surface area contributed by atoms with Crippen molar-refractivity contribution in [2.24, 2.45) is 0 Å². The van der Waals surface area contributed by atoms with Gasteiger partial charge in [-0.25, -0.2) is 4.98 Å². The number of amides is 1. The van der Waals surface area contributed by atoms with E-state index in [1.54, 1.807) is 0 Å². The molecule has 0 spiro atoms. The highest BCUT2D eigenvalue weighted by Gasteiger charge is 2.26. The molecule has 2 heterocycles. The molecule has 3 N–H and O–H groups in total. The summed E-state index contributed by atoms with van der Waals surface area (Å²) in [5.41, 5.74) is 1.17. The number of nitrogens with zero attached hydrogens (tertiary/aromatic N) is 1. The van der Waals surface area contributed by atoms with Crippen molar-refractivity contribution in [1.82, 2.24) is 5.32 Å². The Morgan fingerprint density at radius 2 is 2.08 bits per heavy atom. The zero-order valence-electron chi connectivity index (χ0n) is 15.3. The molecule has 0 atom stereocenters. The minimum atomic E-state index is 0.0903. The molecule has 1 amide bonds. The number of anilines is 1. The first kappa shape index (κ1) is 18.2. The van der Waals surface area contributed by atoms with E-state index in [-0.39, 0.29) is 5.91 Å². The Kier molecular flexibility index (Phi) is 6.44. The molecule has 0 unspecified atom stereocenters. The highest BCUT2D eigenvalue weighted by Crippen LogP contribution is 2.11. The summed E-state index contributed by atoms with van der Waals surface area (Å²) >= 11 is 0. The fourth-order valence-electron chi connectivity index (χ4n) is 3.18. The van der Waals surface area contributed by atoms with Crippen LogP contribution in [-0.4, -0.2) is 51.8 Å². The molecule has 3 rings (SSSR count). The quantitative estimate of drug-likeness (QED) is 0.671. The number of quaternary nitrogens is 1. The lowest BCUT2D eigenvalue weighted by atomic mass is 10.2. The number of rotatable bonds is 7. The number of hydrogen-bond donors (Lipinski definition) is 2. The molecule has 0 radical (unpaired) electrons. The number of ether oxygens (including phenoxy) is 1. The highest BCUT2D eigenvalue weighted by atomic mass is 16.5. The van der Waals surface area contributed by atoms with Crippen LogP contribution in [0.3, 0.4) is 0 Å². The molecule has 2 aromatic rings. The Balaban J connectivity index is 1.32. The second-order valence-corrected chi connectivity index (χ2v) is 6.68. The van der Waals surface area contributed by atoms with Gasteiger partial charge >= 0.3 is 0 Å². The lowest BCUT2D eigenvalue weighted by molar-refractivity contribution is -0.892. The van der Waals surface area contributed by atoms with Crippen molar-refractivity contribution < 1.29 is 19.4 Å². The van der Waals surface area contributed by atoms with Gasteiger partial charge in [0.2, 0.25) is 0 Å². The molecule has 1 aliphatic heterocycles. The van der Waals surface area contributed by atoms with Crippen LogP contribution in [0.2, 0.25) is 0 Å².